The maximum absolute atomic E-state index is 14.0. The second-order valence-electron chi connectivity index (χ2n) is 10.9. The van der Waals surface area contributed by atoms with Crippen LogP contribution in [0.2, 0.25) is 0 Å². The lowest BCUT2D eigenvalue weighted by Crippen LogP contribution is -2.46. The van der Waals surface area contributed by atoms with E-state index in [4.69, 9.17) is 15.0 Å². The molecule has 1 atom stereocenters. The van der Waals surface area contributed by atoms with E-state index in [-0.39, 0.29) is 11.0 Å². The first-order valence-electron chi connectivity index (χ1n) is 13.6. The molecule has 0 amide bonds. The quantitative estimate of drug-likeness (QED) is 0.282. The molecule has 1 aromatic heterocycles. The minimum atomic E-state index is -3.10. The van der Waals surface area contributed by atoms with Gasteiger partial charge in [-0.1, -0.05) is 31.2 Å². The Bertz CT molecular complexity index is 1410. The standard InChI is InChI=1S/C29H38N5O4P/c1-4-38-39(36,20-23-8-10-24(30)11-9-23)33-16-14-32(15-17-33)26-19-31-34(25-7-5-6-22(2)18-25)28(35)27(26)37-21-29(3)12-13-29/h5-11,18-19H,4,12-17,20-21,30H2,1-3H3. The molecule has 5 rings (SSSR count). The largest absolute Gasteiger partial charge is 0.486 e. The molecule has 39 heavy (non-hydrogen) atoms. The number of piperazine rings is 1. The number of benzene rings is 2. The average molecular weight is 552 g/mol. The van der Waals surface area contributed by atoms with Crippen LogP contribution in [-0.2, 0) is 15.3 Å². The summed E-state index contributed by atoms with van der Waals surface area (Å²) in [5, 5.41) is 4.52. The highest BCUT2D eigenvalue weighted by Gasteiger charge is 2.39. The SMILES string of the molecule is CCOP(=O)(Cc1ccc(N)cc1)N1CCN(c2cnn(-c3cccc(C)c3)c(=O)c2OCC2(C)CC2)CC1. The molecule has 0 bridgehead atoms. The van der Waals surface area contributed by atoms with Crippen molar-refractivity contribution in [1.29, 1.82) is 0 Å². The number of ether oxygens (including phenoxy) is 1. The summed E-state index contributed by atoms with van der Waals surface area (Å²) in [6.07, 6.45) is 4.24. The first-order chi connectivity index (χ1) is 18.7. The lowest BCUT2D eigenvalue weighted by atomic mass is 10.2. The molecule has 9 nitrogen and oxygen atoms in total. The van der Waals surface area contributed by atoms with Gasteiger partial charge in [-0.05, 0) is 62.1 Å². The van der Waals surface area contributed by atoms with Crippen molar-refractivity contribution in [1.82, 2.24) is 14.5 Å². The number of hydrogen-bond donors (Lipinski definition) is 1. The number of rotatable bonds is 10. The highest BCUT2D eigenvalue weighted by atomic mass is 31.2. The van der Waals surface area contributed by atoms with E-state index < -0.39 is 7.52 Å². The van der Waals surface area contributed by atoms with Crippen molar-refractivity contribution in [2.75, 3.05) is 50.0 Å². The molecule has 10 heteroatoms. The van der Waals surface area contributed by atoms with Crippen LogP contribution < -0.4 is 20.9 Å². The lowest BCUT2D eigenvalue weighted by molar-refractivity contribution is 0.241. The van der Waals surface area contributed by atoms with E-state index in [1.54, 1.807) is 6.20 Å². The molecule has 1 saturated heterocycles. The highest BCUT2D eigenvalue weighted by molar-refractivity contribution is 7.55. The third kappa shape index (κ3) is 6.21. The van der Waals surface area contributed by atoms with Gasteiger partial charge in [0.05, 0.1) is 31.3 Å². The second kappa shape index (κ2) is 11.2. The fraction of sp³-hybridized carbons (Fsp3) is 0.448. The van der Waals surface area contributed by atoms with Crippen molar-refractivity contribution in [3.05, 3.63) is 76.2 Å². The fourth-order valence-electron chi connectivity index (χ4n) is 4.86. The van der Waals surface area contributed by atoms with Crippen LogP contribution in [0.15, 0.2) is 59.5 Å². The van der Waals surface area contributed by atoms with Crippen LogP contribution >= 0.6 is 7.52 Å². The van der Waals surface area contributed by atoms with Crippen LogP contribution in [0.3, 0.4) is 0 Å². The Balaban J connectivity index is 1.38. The fourth-order valence-corrected chi connectivity index (χ4v) is 7.18. The Morgan fingerprint density at radius 1 is 1.08 bits per heavy atom. The van der Waals surface area contributed by atoms with E-state index in [1.165, 1.54) is 4.68 Å². The molecular weight excluding hydrogens is 513 g/mol. The van der Waals surface area contributed by atoms with Gasteiger partial charge in [0.1, 0.15) is 5.69 Å². The highest BCUT2D eigenvalue weighted by Crippen LogP contribution is 2.54. The first-order valence-corrected chi connectivity index (χ1v) is 15.4. The maximum atomic E-state index is 14.0. The monoisotopic (exact) mass is 551 g/mol. The number of nitrogens with zero attached hydrogens (tertiary/aromatic N) is 4. The van der Waals surface area contributed by atoms with Gasteiger partial charge in [-0.3, -0.25) is 9.36 Å². The van der Waals surface area contributed by atoms with Crippen LogP contribution in [0.5, 0.6) is 5.75 Å². The molecule has 2 aromatic carbocycles. The number of nitrogen functional groups attached to an aromatic ring is 1. The van der Waals surface area contributed by atoms with E-state index in [9.17, 15) is 9.36 Å². The Hall–Kier alpha value is -3.13. The minimum absolute atomic E-state index is 0.117. The van der Waals surface area contributed by atoms with E-state index in [2.05, 4.69) is 16.9 Å². The summed E-state index contributed by atoms with van der Waals surface area (Å²) in [5.74, 6) is 0.322. The van der Waals surface area contributed by atoms with Gasteiger partial charge in [0.2, 0.25) is 5.75 Å². The molecule has 2 fully saturated rings. The van der Waals surface area contributed by atoms with Gasteiger partial charge in [0.25, 0.3) is 7.52 Å². The summed E-state index contributed by atoms with van der Waals surface area (Å²) >= 11 is 0. The number of aryl methyl sites for hydroxylation is 1. The Morgan fingerprint density at radius 2 is 1.79 bits per heavy atom. The Labute approximate surface area is 230 Å². The normalized spacial score (nSPS) is 18.5. The number of nitrogens with two attached hydrogens (primary N) is 1. The van der Waals surface area contributed by atoms with E-state index in [0.717, 1.165) is 24.0 Å². The molecule has 3 aromatic rings. The summed E-state index contributed by atoms with van der Waals surface area (Å²) in [6, 6.07) is 15.1. The molecule has 1 aliphatic carbocycles. The van der Waals surface area contributed by atoms with E-state index in [1.807, 2.05) is 67.0 Å². The van der Waals surface area contributed by atoms with Crippen LogP contribution in [0.1, 0.15) is 37.8 Å². The van der Waals surface area contributed by atoms with Gasteiger partial charge in [-0.25, -0.2) is 4.67 Å². The van der Waals surface area contributed by atoms with Crippen molar-refractivity contribution in [2.24, 2.45) is 5.41 Å². The van der Waals surface area contributed by atoms with Crippen molar-refractivity contribution in [2.45, 2.75) is 39.8 Å². The second-order valence-corrected chi connectivity index (χ2v) is 13.3. The van der Waals surface area contributed by atoms with Crippen molar-refractivity contribution < 1.29 is 13.8 Å². The average Bonchev–Trinajstić information content (AvgIpc) is 3.66. The number of anilines is 2. The maximum Gasteiger partial charge on any atom is 0.316 e. The molecule has 2 heterocycles. The van der Waals surface area contributed by atoms with Gasteiger partial charge in [0, 0.05) is 37.3 Å². The zero-order valence-electron chi connectivity index (χ0n) is 23.0. The van der Waals surface area contributed by atoms with Gasteiger partial charge in [-0.2, -0.15) is 9.78 Å². The topological polar surface area (TPSA) is 103 Å². The van der Waals surface area contributed by atoms with Crippen molar-refractivity contribution in [3.63, 3.8) is 0 Å². The first kappa shape index (κ1) is 27.4. The summed E-state index contributed by atoms with van der Waals surface area (Å²) in [5.41, 5.74) is 9.71. The van der Waals surface area contributed by atoms with Crippen LogP contribution in [0.4, 0.5) is 11.4 Å². The van der Waals surface area contributed by atoms with Crippen LogP contribution in [-0.4, -0.2) is 53.8 Å². The molecule has 2 N–H and O–H groups in total. The summed E-state index contributed by atoms with van der Waals surface area (Å²) in [4.78, 5) is 15.8. The Morgan fingerprint density at radius 3 is 2.44 bits per heavy atom. The third-order valence-electron chi connectivity index (χ3n) is 7.55. The van der Waals surface area contributed by atoms with Gasteiger partial charge in [-0.15, -0.1) is 0 Å². The molecule has 1 unspecified atom stereocenters. The minimum Gasteiger partial charge on any atom is -0.486 e. The van der Waals surface area contributed by atoms with Crippen molar-refractivity contribution >= 4 is 18.9 Å². The van der Waals surface area contributed by atoms with E-state index >= 15 is 0 Å². The summed E-state index contributed by atoms with van der Waals surface area (Å²) < 4.78 is 29.5. The van der Waals surface area contributed by atoms with E-state index in [0.29, 0.717) is 68.4 Å². The molecule has 2 aliphatic rings. The third-order valence-corrected chi connectivity index (χ3v) is 10.2. The molecular formula is C29H38N5O4P. The van der Waals surface area contributed by atoms with Crippen molar-refractivity contribution in [3.8, 4) is 11.4 Å². The number of aromatic nitrogens is 2. The lowest BCUT2D eigenvalue weighted by Gasteiger charge is -2.39. The zero-order valence-corrected chi connectivity index (χ0v) is 23.9. The molecule has 1 saturated carbocycles. The molecule has 0 radical (unpaired) electrons. The van der Waals surface area contributed by atoms with Gasteiger partial charge >= 0.3 is 5.56 Å². The Kier molecular flexibility index (Phi) is 7.85. The van der Waals surface area contributed by atoms with Gasteiger partial charge < -0.3 is 19.9 Å². The van der Waals surface area contributed by atoms with Crippen LogP contribution in [0.25, 0.3) is 5.69 Å². The molecule has 0 spiro atoms. The molecule has 1 aliphatic heterocycles. The predicted molar refractivity (Wildman–Crippen MR) is 155 cm³/mol. The zero-order chi connectivity index (χ0) is 27.6. The van der Waals surface area contributed by atoms with Crippen LogP contribution in [0, 0.1) is 12.3 Å². The predicted octanol–water partition coefficient (Wildman–Crippen LogP) is 4.85. The summed E-state index contributed by atoms with van der Waals surface area (Å²) in [6.45, 7) is 9.10. The smallest absolute Gasteiger partial charge is 0.316 e. The molecule has 208 valence electrons. The summed E-state index contributed by atoms with van der Waals surface area (Å²) in [7, 11) is -3.10. The van der Waals surface area contributed by atoms with Gasteiger partial charge in [0.15, 0.2) is 0 Å². The number of hydrogen-bond acceptors (Lipinski definition) is 7.